The molecule has 0 nitrogen and oxygen atoms in total. The highest BCUT2D eigenvalue weighted by Gasteiger charge is 2.27. The Morgan fingerprint density at radius 2 is 1.79 bits per heavy atom. The van der Waals surface area contributed by atoms with Crippen LogP contribution in [0.3, 0.4) is 0 Å². The highest BCUT2D eigenvalue weighted by Crippen LogP contribution is 2.34. The maximum atomic E-state index is 3.67. The Morgan fingerprint density at radius 1 is 1.14 bits per heavy atom. The van der Waals surface area contributed by atoms with Crippen molar-refractivity contribution in [3.63, 3.8) is 0 Å². The van der Waals surface area contributed by atoms with Gasteiger partial charge in [-0.2, -0.15) is 0 Å². The van der Waals surface area contributed by atoms with E-state index in [4.69, 9.17) is 0 Å². The highest BCUT2D eigenvalue weighted by atomic mass is 79.9. The van der Waals surface area contributed by atoms with Crippen molar-refractivity contribution in [3.8, 4) is 0 Å². The van der Waals surface area contributed by atoms with E-state index in [0.29, 0.717) is 5.41 Å². The van der Waals surface area contributed by atoms with Gasteiger partial charge in [-0.15, -0.1) is 0 Å². The molecule has 0 amide bonds. The molecule has 0 fully saturated rings. The van der Waals surface area contributed by atoms with Gasteiger partial charge < -0.3 is 0 Å². The van der Waals surface area contributed by atoms with E-state index in [-0.39, 0.29) is 0 Å². The van der Waals surface area contributed by atoms with Gasteiger partial charge in [-0.05, 0) is 18.4 Å². The standard InChI is InChI=1S/C13H19Br/c1-3-10-13(4-2,11-14)12-8-6-5-7-9-12/h5-9H,3-4,10-11H2,1-2H3. The summed E-state index contributed by atoms with van der Waals surface area (Å²) in [4.78, 5) is 0. The second-order valence-electron chi connectivity index (χ2n) is 3.88. The van der Waals surface area contributed by atoms with Crippen LogP contribution in [-0.4, -0.2) is 5.33 Å². The summed E-state index contributed by atoms with van der Waals surface area (Å²) in [5, 5.41) is 1.06. The molecular formula is C13H19Br. The first-order chi connectivity index (χ1) is 6.79. The van der Waals surface area contributed by atoms with Crippen molar-refractivity contribution in [1.29, 1.82) is 0 Å². The SMILES string of the molecule is CCCC(CC)(CBr)c1ccccc1. The number of rotatable bonds is 5. The zero-order valence-corrected chi connectivity index (χ0v) is 10.7. The summed E-state index contributed by atoms with van der Waals surface area (Å²) in [6, 6.07) is 10.9. The van der Waals surface area contributed by atoms with Crippen LogP contribution in [-0.2, 0) is 5.41 Å². The molecule has 0 aliphatic rings. The molecule has 0 heterocycles. The molecule has 0 radical (unpaired) electrons. The van der Waals surface area contributed by atoms with E-state index < -0.39 is 0 Å². The maximum absolute atomic E-state index is 3.67. The Balaban J connectivity index is 2.98. The first-order valence-electron chi connectivity index (χ1n) is 5.40. The van der Waals surface area contributed by atoms with Crippen LogP contribution in [0, 0.1) is 0 Å². The largest absolute Gasteiger partial charge is 0.0918 e. The molecule has 0 bridgehead atoms. The van der Waals surface area contributed by atoms with Crippen LogP contribution in [0.5, 0.6) is 0 Å². The van der Waals surface area contributed by atoms with Gasteiger partial charge in [0.2, 0.25) is 0 Å². The van der Waals surface area contributed by atoms with E-state index >= 15 is 0 Å². The number of benzene rings is 1. The highest BCUT2D eigenvalue weighted by molar-refractivity contribution is 9.09. The van der Waals surface area contributed by atoms with E-state index in [1.165, 1.54) is 24.8 Å². The molecule has 0 N–H and O–H groups in total. The Hall–Kier alpha value is -0.300. The Morgan fingerprint density at radius 3 is 2.21 bits per heavy atom. The summed E-state index contributed by atoms with van der Waals surface area (Å²) in [6.07, 6.45) is 3.71. The molecule has 14 heavy (non-hydrogen) atoms. The Bertz CT molecular complexity index is 249. The molecule has 78 valence electrons. The molecule has 1 aromatic rings. The van der Waals surface area contributed by atoms with Crippen LogP contribution in [0.4, 0.5) is 0 Å². The third-order valence-corrected chi connectivity index (χ3v) is 4.12. The lowest BCUT2D eigenvalue weighted by molar-refractivity contribution is 0.425. The number of hydrogen-bond acceptors (Lipinski definition) is 0. The van der Waals surface area contributed by atoms with Crippen LogP contribution in [0.1, 0.15) is 38.7 Å². The van der Waals surface area contributed by atoms with Crippen LogP contribution in [0.25, 0.3) is 0 Å². The zero-order valence-electron chi connectivity index (χ0n) is 9.09. The molecule has 1 atom stereocenters. The first kappa shape index (κ1) is 11.8. The molecule has 0 saturated heterocycles. The summed E-state index contributed by atoms with van der Waals surface area (Å²) < 4.78 is 0. The number of hydrogen-bond donors (Lipinski definition) is 0. The van der Waals surface area contributed by atoms with Gasteiger partial charge in [0.25, 0.3) is 0 Å². The fourth-order valence-electron chi connectivity index (χ4n) is 2.03. The van der Waals surface area contributed by atoms with Crippen LogP contribution in [0.2, 0.25) is 0 Å². The summed E-state index contributed by atoms with van der Waals surface area (Å²) >= 11 is 3.67. The summed E-state index contributed by atoms with van der Waals surface area (Å²) in [5.41, 5.74) is 1.82. The van der Waals surface area contributed by atoms with Crippen molar-refractivity contribution in [1.82, 2.24) is 0 Å². The Labute approximate surface area is 95.9 Å². The maximum Gasteiger partial charge on any atom is 0.0128 e. The van der Waals surface area contributed by atoms with Gasteiger partial charge in [0.05, 0.1) is 0 Å². The topological polar surface area (TPSA) is 0 Å². The fraction of sp³-hybridized carbons (Fsp3) is 0.538. The summed E-state index contributed by atoms with van der Waals surface area (Å²) in [6.45, 7) is 4.54. The van der Waals surface area contributed by atoms with Crippen molar-refractivity contribution >= 4 is 15.9 Å². The van der Waals surface area contributed by atoms with Crippen LogP contribution >= 0.6 is 15.9 Å². The van der Waals surface area contributed by atoms with Crippen LogP contribution in [0.15, 0.2) is 30.3 Å². The molecule has 1 rings (SSSR count). The quantitative estimate of drug-likeness (QED) is 0.678. The van der Waals surface area contributed by atoms with Crippen molar-refractivity contribution in [3.05, 3.63) is 35.9 Å². The molecule has 0 aromatic heterocycles. The van der Waals surface area contributed by atoms with E-state index in [9.17, 15) is 0 Å². The molecule has 0 aliphatic heterocycles. The van der Waals surface area contributed by atoms with Gasteiger partial charge in [-0.1, -0.05) is 66.5 Å². The lowest BCUT2D eigenvalue weighted by Gasteiger charge is -2.31. The van der Waals surface area contributed by atoms with Gasteiger partial charge in [0.15, 0.2) is 0 Å². The van der Waals surface area contributed by atoms with E-state index in [0.717, 1.165) is 5.33 Å². The van der Waals surface area contributed by atoms with Crippen molar-refractivity contribution < 1.29 is 0 Å². The minimum atomic E-state index is 0.343. The third-order valence-electron chi connectivity index (χ3n) is 3.05. The number of halogens is 1. The number of alkyl halides is 1. The van der Waals surface area contributed by atoms with Gasteiger partial charge in [-0.25, -0.2) is 0 Å². The second kappa shape index (κ2) is 5.55. The summed E-state index contributed by atoms with van der Waals surface area (Å²) in [7, 11) is 0. The van der Waals surface area contributed by atoms with Crippen molar-refractivity contribution in [2.75, 3.05) is 5.33 Å². The zero-order chi connectivity index (χ0) is 10.4. The van der Waals surface area contributed by atoms with E-state index in [1.54, 1.807) is 0 Å². The van der Waals surface area contributed by atoms with Gasteiger partial charge in [-0.3, -0.25) is 0 Å². The molecule has 0 spiro atoms. The predicted molar refractivity (Wildman–Crippen MR) is 67.1 cm³/mol. The first-order valence-corrected chi connectivity index (χ1v) is 6.52. The van der Waals surface area contributed by atoms with Crippen LogP contribution < -0.4 is 0 Å². The van der Waals surface area contributed by atoms with Crippen molar-refractivity contribution in [2.45, 2.75) is 38.5 Å². The molecule has 0 aliphatic carbocycles. The second-order valence-corrected chi connectivity index (χ2v) is 4.44. The van der Waals surface area contributed by atoms with Gasteiger partial charge >= 0.3 is 0 Å². The fourth-order valence-corrected chi connectivity index (χ4v) is 3.03. The minimum Gasteiger partial charge on any atom is -0.0918 e. The van der Waals surface area contributed by atoms with E-state index in [2.05, 4.69) is 60.1 Å². The van der Waals surface area contributed by atoms with Crippen molar-refractivity contribution in [2.24, 2.45) is 0 Å². The minimum absolute atomic E-state index is 0.343. The average molecular weight is 255 g/mol. The monoisotopic (exact) mass is 254 g/mol. The molecule has 1 unspecified atom stereocenters. The normalized spacial score (nSPS) is 15.1. The lowest BCUT2D eigenvalue weighted by atomic mass is 9.76. The molecule has 0 saturated carbocycles. The predicted octanol–water partition coefficient (Wildman–Crippen LogP) is 4.53. The molecular weight excluding hydrogens is 236 g/mol. The smallest absolute Gasteiger partial charge is 0.0128 e. The van der Waals surface area contributed by atoms with Gasteiger partial charge in [0.1, 0.15) is 0 Å². The lowest BCUT2D eigenvalue weighted by Crippen LogP contribution is -2.26. The third kappa shape index (κ3) is 2.38. The van der Waals surface area contributed by atoms with Gasteiger partial charge in [0, 0.05) is 10.7 Å². The Kier molecular flexibility index (Phi) is 4.67. The molecule has 1 aromatic carbocycles. The molecule has 1 heteroatoms. The van der Waals surface area contributed by atoms with E-state index in [1.807, 2.05) is 0 Å². The summed E-state index contributed by atoms with van der Waals surface area (Å²) in [5.74, 6) is 0. The average Bonchev–Trinajstić information content (AvgIpc) is 2.27.